The minimum absolute atomic E-state index is 0.841. The van der Waals surface area contributed by atoms with Gasteiger partial charge in [0.15, 0.2) is 0 Å². The summed E-state index contributed by atoms with van der Waals surface area (Å²) in [5.41, 5.74) is 0. The molecule has 0 aliphatic heterocycles. The van der Waals surface area contributed by atoms with E-state index in [4.69, 9.17) is 0 Å². The molecule has 0 aromatic heterocycles. The average molecular weight is 284 g/mol. The predicted molar refractivity (Wildman–Crippen MR) is 98.4 cm³/mol. The smallest absolute Gasteiger partial charge is 0.0345 e. The maximum Gasteiger partial charge on any atom is -0.0345 e. The highest BCUT2D eigenvalue weighted by atomic mass is 14.1. The number of hydrogen-bond acceptors (Lipinski definition) is 0. The molecule has 0 atom stereocenters. The minimum atomic E-state index is 0.841. The van der Waals surface area contributed by atoms with Crippen LogP contribution in [0.4, 0.5) is 0 Å². The van der Waals surface area contributed by atoms with E-state index in [0.29, 0.717) is 0 Å². The van der Waals surface area contributed by atoms with Crippen molar-refractivity contribution in [1.82, 2.24) is 0 Å². The molecule has 0 heterocycles. The first kappa shape index (κ1) is 19.4. The molecule has 0 aromatic carbocycles. The van der Waals surface area contributed by atoms with Gasteiger partial charge in [0, 0.05) is 0 Å². The quantitative estimate of drug-likeness (QED) is 0.239. The highest BCUT2D eigenvalue weighted by molar-refractivity contribution is 4.98. The van der Waals surface area contributed by atoms with Gasteiger partial charge < -0.3 is 0 Å². The number of unbranched alkanes of at least 4 members (excludes halogenated alkanes) is 2. The van der Waals surface area contributed by atoms with E-state index in [-0.39, 0.29) is 0 Å². The Morgan fingerprint density at radius 3 is 1.43 bits per heavy atom. The fraction of sp³-hybridized carbons (Fsp3) is 0.429. The van der Waals surface area contributed by atoms with E-state index in [1.807, 2.05) is 30.4 Å². The van der Waals surface area contributed by atoms with Crippen molar-refractivity contribution in [3.8, 4) is 0 Å². The molecule has 0 unspecified atom stereocenters. The normalized spacial score (nSPS) is 11.9. The van der Waals surface area contributed by atoms with E-state index in [2.05, 4.69) is 44.0 Å². The third kappa shape index (κ3) is 14.7. The SMILES string of the molecule is C=C/C=C/CCCC(CC/C=C/C=C)CCC/C=C/C=C. The summed E-state index contributed by atoms with van der Waals surface area (Å²) >= 11 is 0. The largest absolute Gasteiger partial charge is 0.0991 e. The summed E-state index contributed by atoms with van der Waals surface area (Å²) in [4.78, 5) is 0. The van der Waals surface area contributed by atoms with Crippen LogP contribution in [0, 0.1) is 5.92 Å². The zero-order valence-electron chi connectivity index (χ0n) is 13.6. The molecule has 0 nitrogen and oxygen atoms in total. The van der Waals surface area contributed by atoms with Crippen LogP contribution in [0.5, 0.6) is 0 Å². The zero-order valence-corrected chi connectivity index (χ0v) is 13.6. The van der Waals surface area contributed by atoms with E-state index in [1.54, 1.807) is 0 Å². The van der Waals surface area contributed by atoms with Crippen LogP contribution in [0.1, 0.15) is 51.4 Å². The summed E-state index contributed by atoms with van der Waals surface area (Å²) in [6.45, 7) is 11.1. The second-order valence-corrected chi connectivity index (χ2v) is 5.30. The molecular formula is C21H32. The van der Waals surface area contributed by atoms with Crippen LogP contribution in [0.25, 0.3) is 0 Å². The molecule has 0 saturated carbocycles. The van der Waals surface area contributed by atoms with Crippen LogP contribution < -0.4 is 0 Å². The van der Waals surface area contributed by atoms with Gasteiger partial charge in [-0.05, 0) is 44.4 Å². The van der Waals surface area contributed by atoms with Crippen molar-refractivity contribution in [2.75, 3.05) is 0 Å². The summed E-state index contributed by atoms with van der Waals surface area (Å²) in [5, 5.41) is 0. The molecule has 0 saturated heterocycles. The molecule has 0 radical (unpaired) electrons. The lowest BCUT2D eigenvalue weighted by Gasteiger charge is -2.15. The summed E-state index contributed by atoms with van der Waals surface area (Å²) in [6.07, 6.45) is 28.4. The topological polar surface area (TPSA) is 0 Å². The second kappa shape index (κ2) is 16.5. The van der Waals surface area contributed by atoms with Gasteiger partial charge in [-0.25, -0.2) is 0 Å². The Hall–Kier alpha value is -1.56. The van der Waals surface area contributed by atoms with Gasteiger partial charge in [-0.1, -0.05) is 87.3 Å². The average Bonchev–Trinajstić information content (AvgIpc) is 2.50. The fourth-order valence-electron chi connectivity index (χ4n) is 2.39. The van der Waals surface area contributed by atoms with Crippen LogP contribution >= 0.6 is 0 Å². The molecule has 21 heavy (non-hydrogen) atoms. The summed E-state index contributed by atoms with van der Waals surface area (Å²) in [5.74, 6) is 0.841. The maximum atomic E-state index is 3.72. The van der Waals surface area contributed by atoms with Gasteiger partial charge >= 0.3 is 0 Å². The molecule has 0 bridgehead atoms. The highest BCUT2D eigenvalue weighted by Gasteiger charge is 2.06. The molecule has 116 valence electrons. The van der Waals surface area contributed by atoms with E-state index in [9.17, 15) is 0 Å². The second-order valence-electron chi connectivity index (χ2n) is 5.30. The number of hydrogen-bond donors (Lipinski definition) is 0. The molecule has 0 rings (SSSR count). The Bertz CT molecular complexity index is 317. The van der Waals surface area contributed by atoms with E-state index in [0.717, 1.165) is 5.92 Å². The minimum Gasteiger partial charge on any atom is -0.0991 e. The van der Waals surface area contributed by atoms with Gasteiger partial charge in [-0.2, -0.15) is 0 Å². The lowest BCUT2D eigenvalue weighted by atomic mass is 9.91. The lowest BCUT2D eigenvalue weighted by molar-refractivity contribution is 0.402. The Kier molecular flexibility index (Phi) is 15.3. The van der Waals surface area contributed by atoms with E-state index < -0.39 is 0 Å². The van der Waals surface area contributed by atoms with Crippen molar-refractivity contribution >= 4 is 0 Å². The molecular weight excluding hydrogens is 252 g/mol. The Balaban J connectivity index is 4.00. The molecule has 0 heteroatoms. The first-order valence-corrected chi connectivity index (χ1v) is 8.17. The third-order valence-corrected chi connectivity index (χ3v) is 3.52. The standard InChI is InChI=1S/C21H32/c1-4-7-10-13-16-19-21(18-15-12-9-6-3)20-17-14-11-8-5-2/h4-12,21H,1-3,13-20H2/b10-7+,11-8+,12-9+. The summed E-state index contributed by atoms with van der Waals surface area (Å²) < 4.78 is 0. The molecule has 0 aliphatic rings. The van der Waals surface area contributed by atoms with Gasteiger partial charge in [-0.15, -0.1) is 0 Å². The first-order valence-electron chi connectivity index (χ1n) is 8.17. The van der Waals surface area contributed by atoms with E-state index in [1.165, 1.54) is 51.4 Å². The van der Waals surface area contributed by atoms with Crippen molar-refractivity contribution < 1.29 is 0 Å². The van der Waals surface area contributed by atoms with Crippen molar-refractivity contribution in [3.05, 3.63) is 74.4 Å². The fourth-order valence-corrected chi connectivity index (χ4v) is 2.39. The Morgan fingerprint density at radius 2 is 1.00 bits per heavy atom. The Labute approximate surface area is 132 Å². The van der Waals surface area contributed by atoms with Crippen LogP contribution in [0.2, 0.25) is 0 Å². The maximum absolute atomic E-state index is 3.72. The van der Waals surface area contributed by atoms with Crippen molar-refractivity contribution in [1.29, 1.82) is 0 Å². The highest BCUT2D eigenvalue weighted by Crippen LogP contribution is 2.22. The van der Waals surface area contributed by atoms with Crippen LogP contribution in [0.15, 0.2) is 74.4 Å². The van der Waals surface area contributed by atoms with Crippen LogP contribution in [-0.4, -0.2) is 0 Å². The molecule has 0 fully saturated rings. The Morgan fingerprint density at radius 1 is 0.571 bits per heavy atom. The van der Waals surface area contributed by atoms with Gasteiger partial charge in [0.05, 0.1) is 0 Å². The molecule has 0 spiro atoms. The summed E-state index contributed by atoms with van der Waals surface area (Å²) in [7, 11) is 0. The molecule has 0 aromatic rings. The number of allylic oxidation sites excluding steroid dienone is 9. The van der Waals surface area contributed by atoms with Gasteiger partial charge in [0.25, 0.3) is 0 Å². The molecule has 0 N–H and O–H groups in total. The van der Waals surface area contributed by atoms with Crippen LogP contribution in [-0.2, 0) is 0 Å². The van der Waals surface area contributed by atoms with E-state index >= 15 is 0 Å². The molecule has 0 amide bonds. The van der Waals surface area contributed by atoms with Crippen LogP contribution in [0.3, 0.4) is 0 Å². The first-order chi connectivity index (χ1) is 10.3. The third-order valence-electron chi connectivity index (χ3n) is 3.52. The number of rotatable bonds is 14. The van der Waals surface area contributed by atoms with Crippen molar-refractivity contribution in [2.45, 2.75) is 51.4 Å². The van der Waals surface area contributed by atoms with Crippen molar-refractivity contribution in [2.24, 2.45) is 5.92 Å². The zero-order chi connectivity index (χ0) is 15.6. The predicted octanol–water partition coefficient (Wildman–Crippen LogP) is 6.95. The van der Waals surface area contributed by atoms with Gasteiger partial charge in [0.1, 0.15) is 0 Å². The lowest BCUT2D eigenvalue weighted by Crippen LogP contribution is -2.00. The molecule has 0 aliphatic carbocycles. The van der Waals surface area contributed by atoms with Gasteiger partial charge in [-0.3, -0.25) is 0 Å². The summed E-state index contributed by atoms with van der Waals surface area (Å²) in [6, 6.07) is 0. The monoisotopic (exact) mass is 284 g/mol. The van der Waals surface area contributed by atoms with Gasteiger partial charge in [0.2, 0.25) is 0 Å². The van der Waals surface area contributed by atoms with Crippen molar-refractivity contribution in [3.63, 3.8) is 0 Å².